The molecule has 0 atom stereocenters. The number of amides is 1. The lowest BCUT2D eigenvalue weighted by atomic mass is 10.2. The molecule has 1 heterocycles. The smallest absolute Gasteiger partial charge is 0.217 e. The molecule has 1 N–H and O–H groups in total. The third-order valence-corrected chi connectivity index (χ3v) is 1.50. The van der Waals surface area contributed by atoms with Crippen molar-refractivity contribution in [1.29, 1.82) is 0 Å². The molecule has 0 unspecified atom stereocenters. The first-order valence-electron chi connectivity index (χ1n) is 3.74. The highest BCUT2D eigenvalue weighted by Crippen LogP contribution is 2.01. The predicted molar refractivity (Wildman–Crippen MR) is 44.5 cm³/mol. The van der Waals surface area contributed by atoms with Crippen molar-refractivity contribution in [2.75, 3.05) is 6.54 Å². The number of carbonyl (C=O) groups excluding carboxylic acids is 1. The number of aliphatic imine (C=N–C) groups is 1. The lowest BCUT2D eigenvalue weighted by Gasteiger charge is -2.06. The number of nitrogens with one attached hydrogen (secondary N) is 1. The minimum atomic E-state index is 0.00209. The van der Waals surface area contributed by atoms with Crippen LogP contribution in [0.15, 0.2) is 17.3 Å². The molecular weight excluding hydrogens is 140 g/mol. The monoisotopic (exact) mass is 152 g/mol. The van der Waals surface area contributed by atoms with Crippen LogP contribution in [0.3, 0.4) is 0 Å². The van der Waals surface area contributed by atoms with E-state index in [-0.39, 0.29) is 5.91 Å². The van der Waals surface area contributed by atoms with Gasteiger partial charge in [0.05, 0.1) is 6.54 Å². The van der Waals surface area contributed by atoms with Gasteiger partial charge in [0.15, 0.2) is 0 Å². The molecule has 0 radical (unpaired) electrons. The van der Waals surface area contributed by atoms with Crippen LogP contribution in [-0.4, -0.2) is 18.2 Å². The summed E-state index contributed by atoms with van der Waals surface area (Å²) in [5, 5.41) is 2.71. The zero-order valence-electron chi connectivity index (χ0n) is 6.63. The largest absolute Gasteiger partial charge is 0.351 e. The molecule has 0 aliphatic carbocycles. The number of hydrogen-bond donors (Lipinski definition) is 1. The summed E-state index contributed by atoms with van der Waals surface area (Å²) < 4.78 is 0. The maximum atomic E-state index is 10.5. The third-order valence-electron chi connectivity index (χ3n) is 1.50. The van der Waals surface area contributed by atoms with E-state index in [0.717, 1.165) is 18.6 Å². The molecule has 11 heavy (non-hydrogen) atoms. The fourth-order valence-corrected chi connectivity index (χ4v) is 0.908. The maximum absolute atomic E-state index is 10.5. The molecule has 0 fully saturated rings. The van der Waals surface area contributed by atoms with E-state index in [2.05, 4.69) is 10.3 Å². The first kappa shape index (κ1) is 7.98. The van der Waals surface area contributed by atoms with E-state index in [1.807, 2.05) is 6.08 Å². The van der Waals surface area contributed by atoms with Gasteiger partial charge in [-0.15, -0.1) is 0 Å². The molecule has 60 valence electrons. The minimum Gasteiger partial charge on any atom is -0.351 e. The third kappa shape index (κ3) is 2.98. The minimum absolute atomic E-state index is 0.00209. The van der Waals surface area contributed by atoms with Gasteiger partial charge in [0.25, 0.3) is 0 Å². The SMILES string of the molecule is CC(=O)NCC1=NC=CCC1. The normalized spacial score (nSPS) is 15.9. The molecule has 0 bridgehead atoms. The predicted octanol–water partition coefficient (Wildman–Crippen LogP) is 0.871. The Morgan fingerprint density at radius 1 is 1.82 bits per heavy atom. The van der Waals surface area contributed by atoms with Crippen molar-refractivity contribution < 1.29 is 4.79 Å². The van der Waals surface area contributed by atoms with E-state index in [0.29, 0.717) is 6.54 Å². The zero-order valence-corrected chi connectivity index (χ0v) is 6.63. The molecule has 0 saturated heterocycles. The maximum Gasteiger partial charge on any atom is 0.217 e. The number of hydrogen-bond acceptors (Lipinski definition) is 2. The highest BCUT2D eigenvalue weighted by molar-refractivity contribution is 5.90. The van der Waals surface area contributed by atoms with Crippen molar-refractivity contribution >= 4 is 11.6 Å². The second kappa shape index (κ2) is 3.91. The molecule has 1 rings (SSSR count). The van der Waals surface area contributed by atoms with Crippen molar-refractivity contribution in [2.24, 2.45) is 4.99 Å². The van der Waals surface area contributed by atoms with Crippen LogP contribution in [-0.2, 0) is 4.79 Å². The van der Waals surface area contributed by atoms with E-state index in [1.165, 1.54) is 6.92 Å². The summed E-state index contributed by atoms with van der Waals surface area (Å²) in [5.41, 5.74) is 1.06. The Morgan fingerprint density at radius 3 is 3.18 bits per heavy atom. The Hall–Kier alpha value is -1.12. The zero-order chi connectivity index (χ0) is 8.10. The standard InChI is InChI=1S/C8H12N2O/c1-7(11)10-6-8-4-2-3-5-9-8/h3,5H,2,4,6H2,1H3,(H,10,11). The number of rotatable bonds is 2. The van der Waals surface area contributed by atoms with Gasteiger partial charge >= 0.3 is 0 Å². The van der Waals surface area contributed by atoms with E-state index in [1.54, 1.807) is 6.20 Å². The number of allylic oxidation sites excluding steroid dienone is 1. The summed E-state index contributed by atoms with van der Waals surface area (Å²) >= 11 is 0. The second-order valence-electron chi connectivity index (χ2n) is 2.53. The van der Waals surface area contributed by atoms with E-state index >= 15 is 0 Å². The van der Waals surface area contributed by atoms with Crippen LogP contribution in [0.4, 0.5) is 0 Å². The van der Waals surface area contributed by atoms with Gasteiger partial charge in [-0.1, -0.05) is 6.08 Å². The summed E-state index contributed by atoms with van der Waals surface area (Å²) in [6, 6.07) is 0. The summed E-state index contributed by atoms with van der Waals surface area (Å²) in [6.07, 6.45) is 5.83. The van der Waals surface area contributed by atoms with Crippen molar-refractivity contribution in [2.45, 2.75) is 19.8 Å². The number of carbonyl (C=O) groups is 1. The Bertz CT molecular complexity index is 206. The van der Waals surface area contributed by atoms with Gasteiger partial charge in [0, 0.05) is 18.8 Å². The average Bonchev–Trinajstić information content (AvgIpc) is 2.03. The molecule has 0 aromatic heterocycles. The van der Waals surface area contributed by atoms with Crippen molar-refractivity contribution in [3.8, 4) is 0 Å². The Morgan fingerprint density at radius 2 is 2.64 bits per heavy atom. The van der Waals surface area contributed by atoms with Gasteiger partial charge in [-0.25, -0.2) is 0 Å². The van der Waals surface area contributed by atoms with Crippen LogP contribution in [0, 0.1) is 0 Å². The van der Waals surface area contributed by atoms with E-state index in [4.69, 9.17) is 0 Å². The molecule has 1 amide bonds. The van der Waals surface area contributed by atoms with E-state index in [9.17, 15) is 4.79 Å². The van der Waals surface area contributed by atoms with Gasteiger partial charge in [0.2, 0.25) is 5.91 Å². The molecular formula is C8H12N2O. The van der Waals surface area contributed by atoms with Gasteiger partial charge in [-0.2, -0.15) is 0 Å². The van der Waals surface area contributed by atoms with Crippen molar-refractivity contribution in [1.82, 2.24) is 5.32 Å². The van der Waals surface area contributed by atoms with Gasteiger partial charge in [-0.3, -0.25) is 9.79 Å². The van der Waals surface area contributed by atoms with Gasteiger partial charge in [-0.05, 0) is 12.8 Å². The Labute approximate surface area is 66.2 Å². The summed E-state index contributed by atoms with van der Waals surface area (Å²) in [4.78, 5) is 14.6. The average molecular weight is 152 g/mol. The number of nitrogens with zero attached hydrogens (tertiary/aromatic N) is 1. The summed E-state index contributed by atoms with van der Waals surface area (Å²) in [5.74, 6) is 0.00209. The highest BCUT2D eigenvalue weighted by atomic mass is 16.1. The van der Waals surface area contributed by atoms with Crippen LogP contribution in [0.1, 0.15) is 19.8 Å². The van der Waals surface area contributed by atoms with Crippen LogP contribution in [0.5, 0.6) is 0 Å². The van der Waals surface area contributed by atoms with Crippen molar-refractivity contribution in [3.63, 3.8) is 0 Å². The quantitative estimate of drug-likeness (QED) is 0.626. The summed E-state index contributed by atoms with van der Waals surface area (Å²) in [6.45, 7) is 2.11. The first-order chi connectivity index (χ1) is 5.29. The fraction of sp³-hybridized carbons (Fsp3) is 0.500. The van der Waals surface area contributed by atoms with Gasteiger partial charge < -0.3 is 5.32 Å². The highest BCUT2D eigenvalue weighted by Gasteiger charge is 2.00. The van der Waals surface area contributed by atoms with Crippen LogP contribution in [0.25, 0.3) is 0 Å². The van der Waals surface area contributed by atoms with Crippen LogP contribution >= 0.6 is 0 Å². The molecule has 0 aromatic rings. The van der Waals surface area contributed by atoms with Crippen LogP contribution in [0.2, 0.25) is 0 Å². The lowest BCUT2D eigenvalue weighted by Crippen LogP contribution is -2.27. The molecule has 3 nitrogen and oxygen atoms in total. The van der Waals surface area contributed by atoms with Crippen LogP contribution < -0.4 is 5.32 Å². The first-order valence-corrected chi connectivity index (χ1v) is 3.74. The Kier molecular flexibility index (Phi) is 2.83. The van der Waals surface area contributed by atoms with E-state index < -0.39 is 0 Å². The topological polar surface area (TPSA) is 41.5 Å². The molecule has 3 heteroatoms. The summed E-state index contributed by atoms with van der Waals surface area (Å²) in [7, 11) is 0. The molecule has 0 saturated carbocycles. The fourth-order valence-electron chi connectivity index (χ4n) is 0.908. The van der Waals surface area contributed by atoms with Crippen molar-refractivity contribution in [3.05, 3.63) is 12.3 Å². The molecule has 1 aliphatic heterocycles. The molecule has 0 aromatic carbocycles. The van der Waals surface area contributed by atoms with Gasteiger partial charge in [0.1, 0.15) is 0 Å². The lowest BCUT2D eigenvalue weighted by molar-refractivity contribution is -0.118. The molecule has 0 spiro atoms. The Balaban J connectivity index is 2.31. The second-order valence-corrected chi connectivity index (χ2v) is 2.53. The molecule has 1 aliphatic rings.